The first-order valence-corrected chi connectivity index (χ1v) is 5.63. The fourth-order valence-corrected chi connectivity index (χ4v) is 2.05. The minimum Gasteiger partial charge on any atom is -0.469 e. The molecule has 0 N–H and O–H groups in total. The Labute approximate surface area is 98.6 Å². The lowest BCUT2D eigenvalue weighted by Crippen LogP contribution is -2.04. The van der Waals surface area contributed by atoms with Gasteiger partial charge in [-0.25, -0.2) is 8.78 Å². The third kappa shape index (κ3) is 2.81. The van der Waals surface area contributed by atoms with E-state index in [4.69, 9.17) is 0 Å². The fraction of sp³-hybridized carbons (Fsp3) is 0.462. The number of carbonyl (C=O) groups excluding carboxylic acids is 1. The molecule has 92 valence electrons. The van der Waals surface area contributed by atoms with Crippen molar-refractivity contribution in [1.29, 1.82) is 0 Å². The summed E-state index contributed by atoms with van der Waals surface area (Å²) in [5.41, 5.74) is 0.763. The zero-order valence-corrected chi connectivity index (χ0v) is 9.58. The molecule has 1 aromatic rings. The zero-order chi connectivity index (χ0) is 12.4. The van der Waals surface area contributed by atoms with Gasteiger partial charge in [-0.3, -0.25) is 4.79 Å². The van der Waals surface area contributed by atoms with E-state index in [9.17, 15) is 13.6 Å². The summed E-state index contributed by atoms with van der Waals surface area (Å²) < 4.78 is 30.3. The van der Waals surface area contributed by atoms with Crippen LogP contribution in [0.15, 0.2) is 18.2 Å². The van der Waals surface area contributed by atoms with Gasteiger partial charge < -0.3 is 4.74 Å². The summed E-state index contributed by atoms with van der Waals surface area (Å²) in [4.78, 5) is 11.2. The summed E-state index contributed by atoms with van der Waals surface area (Å²) in [5.74, 6) is -1.48. The Kier molecular flexibility index (Phi) is 3.41. The fourth-order valence-electron chi connectivity index (χ4n) is 2.05. The van der Waals surface area contributed by atoms with E-state index in [1.54, 1.807) is 6.07 Å². The largest absolute Gasteiger partial charge is 0.469 e. The van der Waals surface area contributed by atoms with Crippen LogP contribution in [0.4, 0.5) is 8.78 Å². The molecule has 1 saturated carbocycles. The quantitative estimate of drug-likeness (QED) is 0.756. The first kappa shape index (κ1) is 12.0. The minimum absolute atomic E-state index is 0.00490. The van der Waals surface area contributed by atoms with Crippen LogP contribution in [0.2, 0.25) is 0 Å². The van der Waals surface area contributed by atoms with Crippen molar-refractivity contribution in [3.8, 4) is 0 Å². The zero-order valence-electron chi connectivity index (χ0n) is 9.58. The Balaban J connectivity index is 1.83. The Hall–Kier alpha value is -1.45. The summed E-state index contributed by atoms with van der Waals surface area (Å²) in [6.45, 7) is 0. The van der Waals surface area contributed by atoms with Gasteiger partial charge in [0.15, 0.2) is 11.6 Å². The molecule has 2 rings (SSSR count). The minimum atomic E-state index is -0.826. The van der Waals surface area contributed by atoms with Crippen molar-refractivity contribution in [3.05, 3.63) is 35.4 Å². The molecule has 4 heteroatoms. The van der Waals surface area contributed by atoms with Crippen molar-refractivity contribution in [2.75, 3.05) is 7.11 Å². The van der Waals surface area contributed by atoms with Crippen LogP contribution in [0.3, 0.4) is 0 Å². The number of hydrogen-bond acceptors (Lipinski definition) is 2. The third-order valence-electron chi connectivity index (χ3n) is 3.21. The highest BCUT2D eigenvalue weighted by Gasteiger charge is 2.43. The van der Waals surface area contributed by atoms with Gasteiger partial charge in [-0.2, -0.15) is 0 Å². The van der Waals surface area contributed by atoms with Crippen molar-refractivity contribution in [2.45, 2.75) is 19.3 Å². The third-order valence-corrected chi connectivity index (χ3v) is 3.21. The molecular weight excluding hydrogens is 226 g/mol. The molecule has 2 unspecified atom stereocenters. The summed E-state index contributed by atoms with van der Waals surface area (Å²) in [5, 5.41) is 0. The van der Waals surface area contributed by atoms with E-state index < -0.39 is 11.6 Å². The Morgan fingerprint density at radius 2 is 2.18 bits per heavy atom. The Morgan fingerprint density at radius 1 is 1.41 bits per heavy atom. The molecule has 0 bridgehead atoms. The maximum absolute atomic E-state index is 12.9. The van der Waals surface area contributed by atoms with Crippen LogP contribution in [0.25, 0.3) is 0 Å². The summed E-state index contributed by atoms with van der Waals surface area (Å²) in [6.07, 6.45) is 2.32. The summed E-state index contributed by atoms with van der Waals surface area (Å²) >= 11 is 0. The van der Waals surface area contributed by atoms with E-state index in [0.717, 1.165) is 24.5 Å². The number of benzene rings is 1. The smallest absolute Gasteiger partial charge is 0.308 e. The molecule has 0 heterocycles. The average Bonchev–Trinajstić information content (AvgIpc) is 3.09. The molecule has 1 fully saturated rings. The van der Waals surface area contributed by atoms with Crippen LogP contribution >= 0.6 is 0 Å². The van der Waals surface area contributed by atoms with Gasteiger partial charge in [0.2, 0.25) is 0 Å². The van der Waals surface area contributed by atoms with Gasteiger partial charge in [0, 0.05) is 0 Å². The van der Waals surface area contributed by atoms with Gasteiger partial charge in [-0.05, 0) is 42.9 Å². The number of esters is 1. The van der Waals surface area contributed by atoms with Crippen LogP contribution < -0.4 is 0 Å². The first-order chi connectivity index (χ1) is 8.11. The van der Waals surface area contributed by atoms with Crippen LogP contribution in [0, 0.1) is 23.5 Å². The monoisotopic (exact) mass is 240 g/mol. The highest BCUT2D eigenvalue weighted by Crippen LogP contribution is 2.42. The summed E-state index contributed by atoms with van der Waals surface area (Å²) in [6, 6.07) is 3.92. The molecule has 1 aliphatic rings. The predicted octanol–water partition coefficient (Wildman–Crippen LogP) is 2.71. The van der Waals surface area contributed by atoms with Crippen LogP contribution in [-0.4, -0.2) is 13.1 Å². The molecule has 0 aromatic heterocycles. The van der Waals surface area contributed by atoms with Gasteiger partial charge in [-0.1, -0.05) is 6.07 Å². The van der Waals surface area contributed by atoms with E-state index in [0.29, 0.717) is 12.3 Å². The van der Waals surface area contributed by atoms with Gasteiger partial charge >= 0.3 is 5.97 Å². The lowest BCUT2D eigenvalue weighted by Gasteiger charge is -2.02. The number of carbonyl (C=O) groups is 1. The van der Waals surface area contributed by atoms with E-state index in [2.05, 4.69) is 4.74 Å². The van der Waals surface area contributed by atoms with Gasteiger partial charge in [-0.15, -0.1) is 0 Å². The number of halogens is 2. The van der Waals surface area contributed by atoms with Crippen molar-refractivity contribution >= 4 is 5.97 Å². The second kappa shape index (κ2) is 4.82. The van der Waals surface area contributed by atoms with Crippen LogP contribution in [0.1, 0.15) is 18.4 Å². The van der Waals surface area contributed by atoms with E-state index in [1.165, 1.54) is 13.2 Å². The van der Waals surface area contributed by atoms with Gasteiger partial charge in [0.1, 0.15) is 0 Å². The van der Waals surface area contributed by atoms with Gasteiger partial charge in [0.05, 0.1) is 13.0 Å². The second-order valence-corrected chi connectivity index (χ2v) is 4.41. The number of hydrogen-bond donors (Lipinski definition) is 0. The Bertz CT molecular complexity index is 431. The number of methoxy groups -OCH3 is 1. The molecule has 0 amide bonds. The van der Waals surface area contributed by atoms with Crippen molar-refractivity contribution in [2.24, 2.45) is 11.8 Å². The maximum Gasteiger partial charge on any atom is 0.308 e. The molecule has 0 aliphatic heterocycles. The first-order valence-electron chi connectivity index (χ1n) is 5.63. The Morgan fingerprint density at radius 3 is 2.82 bits per heavy atom. The molecule has 0 saturated heterocycles. The molecule has 2 atom stereocenters. The van der Waals surface area contributed by atoms with E-state index in [-0.39, 0.29) is 11.9 Å². The maximum atomic E-state index is 12.9. The highest BCUT2D eigenvalue weighted by atomic mass is 19.2. The molecule has 0 spiro atoms. The van der Waals surface area contributed by atoms with Crippen molar-refractivity contribution in [1.82, 2.24) is 0 Å². The summed E-state index contributed by atoms with van der Waals surface area (Å²) in [7, 11) is 1.38. The van der Waals surface area contributed by atoms with E-state index >= 15 is 0 Å². The lowest BCUT2D eigenvalue weighted by molar-refractivity contribution is -0.142. The van der Waals surface area contributed by atoms with Crippen molar-refractivity contribution in [3.63, 3.8) is 0 Å². The van der Waals surface area contributed by atoms with E-state index in [1.807, 2.05) is 0 Å². The average molecular weight is 240 g/mol. The molecule has 0 radical (unpaired) electrons. The number of rotatable bonds is 4. The molecular formula is C13H14F2O2. The second-order valence-electron chi connectivity index (χ2n) is 4.41. The molecule has 17 heavy (non-hydrogen) atoms. The molecule has 1 aromatic carbocycles. The predicted molar refractivity (Wildman–Crippen MR) is 58.3 cm³/mol. The van der Waals surface area contributed by atoms with Crippen molar-refractivity contribution < 1.29 is 18.3 Å². The number of ether oxygens (including phenoxy) is 1. The highest BCUT2D eigenvalue weighted by molar-refractivity contribution is 5.75. The van der Waals surface area contributed by atoms with Gasteiger partial charge in [0.25, 0.3) is 0 Å². The molecule has 1 aliphatic carbocycles. The standard InChI is InChI=1S/C13H14F2O2/c1-17-13(16)10-7-9(10)4-2-8-3-5-11(14)12(15)6-8/h3,5-6,9-10H,2,4,7H2,1H3. The van der Waals surface area contributed by atoms with Crippen LogP contribution in [0.5, 0.6) is 0 Å². The topological polar surface area (TPSA) is 26.3 Å². The van der Waals surface area contributed by atoms with Crippen LogP contribution in [-0.2, 0) is 16.0 Å². The molecule has 2 nitrogen and oxygen atoms in total. The SMILES string of the molecule is COC(=O)C1CC1CCc1ccc(F)c(F)c1. The lowest BCUT2D eigenvalue weighted by atomic mass is 10.1. The normalized spacial score (nSPS) is 22.3. The number of aryl methyl sites for hydroxylation is 1.